The molecule has 2 aromatic carbocycles. The highest BCUT2D eigenvalue weighted by atomic mass is 79.9. The Labute approximate surface area is 135 Å². The molecule has 0 aliphatic rings. The molecule has 0 aliphatic heterocycles. The Morgan fingerprint density at radius 1 is 1.18 bits per heavy atom. The second-order valence-corrected chi connectivity index (χ2v) is 7.01. The Kier molecular flexibility index (Phi) is 4.94. The smallest absolute Gasteiger partial charge is 0.238 e. The average Bonchev–Trinajstić information content (AvgIpc) is 2.42. The zero-order valence-electron chi connectivity index (χ0n) is 11.2. The monoisotopic (exact) mass is 386 g/mol. The van der Waals surface area contributed by atoms with Gasteiger partial charge in [0.2, 0.25) is 15.9 Å². The molecule has 5 nitrogen and oxygen atoms in total. The van der Waals surface area contributed by atoms with Crippen molar-refractivity contribution in [3.63, 3.8) is 0 Å². The molecule has 0 fully saturated rings. The lowest BCUT2D eigenvalue weighted by Crippen LogP contribution is -2.16. The number of carbonyl (C=O) groups excluding carboxylic acids is 1. The molecule has 0 radical (unpaired) electrons. The molecule has 1 amide bonds. The van der Waals surface area contributed by atoms with Crippen molar-refractivity contribution < 1.29 is 17.6 Å². The summed E-state index contributed by atoms with van der Waals surface area (Å²) in [5.74, 6) is -0.886. The topological polar surface area (TPSA) is 89.3 Å². The first-order valence-corrected chi connectivity index (χ1v) is 8.46. The van der Waals surface area contributed by atoms with E-state index in [9.17, 15) is 17.6 Å². The van der Waals surface area contributed by atoms with Crippen LogP contribution in [0.15, 0.2) is 51.8 Å². The minimum Gasteiger partial charge on any atom is -0.326 e. The van der Waals surface area contributed by atoms with Crippen LogP contribution in [-0.2, 0) is 21.2 Å². The average molecular weight is 387 g/mol. The summed E-state index contributed by atoms with van der Waals surface area (Å²) >= 11 is 3.21. The first-order valence-electron chi connectivity index (χ1n) is 6.12. The Morgan fingerprint density at radius 2 is 1.82 bits per heavy atom. The van der Waals surface area contributed by atoms with Crippen molar-refractivity contribution in [2.75, 3.05) is 5.32 Å². The van der Waals surface area contributed by atoms with E-state index in [-0.39, 0.29) is 16.9 Å². The Balaban J connectivity index is 2.07. The third kappa shape index (κ3) is 4.36. The predicted molar refractivity (Wildman–Crippen MR) is 84.2 cm³/mol. The number of hydrogen-bond donors (Lipinski definition) is 2. The van der Waals surface area contributed by atoms with E-state index in [0.29, 0.717) is 10.2 Å². The molecule has 22 heavy (non-hydrogen) atoms. The van der Waals surface area contributed by atoms with Gasteiger partial charge in [0.05, 0.1) is 11.3 Å². The van der Waals surface area contributed by atoms with Gasteiger partial charge in [-0.25, -0.2) is 17.9 Å². The van der Waals surface area contributed by atoms with Crippen LogP contribution in [-0.4, -0.2) is 14.3 Å². The standard InChI is InChI=1S/C14H12BrFN2O3S/c15-10-1-6-13(16)9(7-10)8-14(19)18-11-2-4-12(5-3-11)22(17,20)21/h1-7H,8H2,(H,18,19)(H2,17,20,21). The van der Waals surface area contributed by atoms with Gasteiger partial charge in [0.25, 0.3) is 0 Å². The van der Waals surface area contributed by atoms with E-state index in [0.717, 1.165) is 0 Å². The van der Waals surface area contributed by atoms with Crippen LogP contribution >= 0.6 is 15.9 Å². The van der Waals surface area contributed by atoms with Gasteiger partial charge < -0.3 is 5.32 Å². The molecule has 3 N–H and O–H groups in total. The second kappa shape index (κ2) is 6.55. The van der Waals surface area contributed by atoms with Crippen molar-refractivity contribution in [3.8, 4) is 0 Å². The Hall–Kier alpha value is -1.77. The molecule has 0 saturated heterocycles. The van der Waals surface area contributed by atoms with Crippen LogP contribution in [0, 0.1) is 5.82 Å². The molecule has 0 heterocycles. The third-order valence-electron chi connectivity index (χ3n) is 2.83. The van der Waals surface area contributed by atoms with E-state index in [1.165, 1.54) is 36.4 Å². The molecular formula is C14H12BrFN2O3S. The van der Waals surface area contributed by atoms with Gasteiger partial charge in [-0.05, 0) is 48.0 Å². The van der Waals surface area contributed by atoms with Crippen molar-refractivity contribution in [2.45, 2.75) is 11.3 Å². The van der Waals surface area contributed by atoms with Crippen LogP contribution in [0.25, 0.3) is 0 Å². The van der Waals surface area contributed by atoms with E-state index in [1.807, 2.05) is 0 Å². The summed E-state index contributed by atoms with van der Waals surface area (Å²) in [5, 5.41) is 7.54. The number of anilines is 1. The molecule has 8 heteroatoms. The first-order chi connectivity index (χ1) is 10.3. The summed E-state index contributed by atoms with van der Waals surface area (Å²) in [5.41, 5.74) is 0.654. The predicted octanol–water partition coefficient (Wildman–Crippen LogP) is 2.42. The molecule has 0 saturated carbocycles. The van der Waals surface area contributed by atoms with Crippen LogP contribution in [0.3, 0.4) is 0 Å². The molecule has 2 aromatic rings. The molecule has 0 bridgehead atoms. The quantitative estimate of drug-likeness (QED) is 0.845. The van der Waals surface area contributed by atoms with Gasteiger partial charge in [-0.2, -0.15) is 0 Å². The zero-order valence-corrected chi connectivity index (χ0v) is 13.6. The van der Waals surface area contributed by atoms with Crippen LogP contribution < -0.4 is 10.5 Å². The Bertz CT molecular complexity index is 807. The normalized spacial score (nSPS) is 11.2. The summed E-state index contributed by atoms with van der Waals surface area (Å²) in [6, 6.07) is 9.73. The summed E-state index contributed by atoms with van der Waals surface area (Å²) in [4.78, 5) is 11.8. The summed E-state index contributed by atoms with van der Waals surface area (Å²) in [7, 11) is -3.77. The number of sulfonamides is 1. The van der Waals surface area contributed by atoms with Gasteiger partial charge >= 0.3 is 0 Å². The highest BCUT2D eigenvalue weighted by Gasteiger charge is 2.11. The largest absolute Gasteiger partial charge is 0.326 e. The van der Waals surface area contributed by atoms with Crippen molar-refractivity contribution in [1.29, 1.82) is 0 Å². The summed E-state index contributed by atoms with van der Waals surface area (Å²) in [6.45, 7) is 0. The van der Waals surface area contributed by atoms with Gasteiger partial charge in [0.15, 0.2) is 0 Å². The fourth-order valence-corrected chi connectivity index (χ4v) is 2.71. The van der Waals surface area contributed by atoms with Crippen molar-refractivity contribution in [2.24, 2.45) is 5.14 Å². The molecule has 116 valence electrons. The van der Waals surface area contributed by atoms with Crippen LogP contribution in [0.1, 0.15) is 5.56 Å². The van der Waals surface area contributed by atoms with E-state index in [1.54, 1.807) is 6.07 Å². The number of rotatable bonds is 4. The molecular weight excluding hydrogens is 375 g/mol. The lowest BCUT2D eigenvalue weighted by Gasteiger charge is -2.07. The number of hydrogen-bond acceptors (Lipinski definition) is 3. The van der Waals surface area contributed by atoms with Gasteiger partial charge in [-0.1, -0.05) is 15.9 Å². The highest BCUT2D eigenvalue weighted by Crippen LogP contribution is 2.17. The fraction of sp³-hybridized carbons (Fsp3) is 0.0714. The van der Waals surface area contributed by atoms with Gasteiger partial charge in [0.1, 0.15) is 5.82 Å². The number of nitrogens with two attached hydrogens (primary N) is 1. The summed E-state index contributed by atoms with van der Waals surface area (Å²) in [6.07, 6.45) is -0.137. The highest BCUT2D eigenvalue weighted by molar-refractivity contribution is 9.10. The fourth-order valence-electron chi connectivity index (χ4n) is 1.78. The number of nitrogens with one attached hydrogen (secondary N) is 1. The lowest BCUT2D eigenvalue weighted by molar-refractivity contribution is -0.115. The lowest BCUT2D eigenvalue weighted by atomic mass is 10.1. The first kappa shape index (κ1) is 16.6. The minimum absolute atomic E-state index is 0.0523. The number of primary sulfonamides is 1. The van der Waals surface area contributed by atoms with Gasteiger partial charge in [0, 0.05) is 10.2 Å². The summed E-state index contributed by atoms with van der Waals surface area (Å²) < 4.78 is 36.5. The number of carbonyl (C=O) groups is 1. The molecule has 0 atom stereocenters. The van der Waals surface area contributed by atoms with E-state index in [4.69, 9.17) is 5.14 Å². The van der Waals surface area contributed by atoms with Crippen LogP contribution in [0.4, 0.5) is 10.1 Å². The van der Waals surface area contributed by atoms with E-state index < -0.39 is 21.7 Å². The maximum Gasteiger partial charge on any atom is 0.238 e. The minimum atomic E-state index is -3.77. The maximum atomic E-state index is 13.6. The molecule has 0 aliphatic carbocycles. The van der Waals surface area contributed by atoms with Crippen LogP contribution in [0.2, 0.25) is 0 Å². The third-order valence-corrected chi connectivity index (χ3v) is 4.25. The molecule has 0 unspecified atom stereocenters. The van der Waals surface area contributed by atoms with Crippen LogP contribution in [0.5, 0.6) is 0 Å². The zero-order chi connectivity index (χ0) is 16.3. The second-order valence-electron chi connectivity index (χ2n) is 4.53. The van der Waals surface area contributed by atoms with Crippen molar-refractivity contribution in [3.05, 3.63) is 58.3 Å². The SMILES string of the molecule is NS(=O)(=O)c1ccc(NC(=O)Cc2cc(Br)ccc2F)cc1. The molecule has 0 aromatic heterocycles. The van der Waals surface area contributed by atoms with Gasteiger partial charge in [-0.3, -0.25) is 4.79 Å². The maximum absolute atomic E-state index is 13.6. The number of halogens is 2. The van der Waals surface area contributed by atoms with Gasteiger partial charge in [-0.15, -0.1) is 0 Å². The molecule has 0 spiro atoms. The number of benzene rings is 2. The van der Waals surface area contributed by atoms with Crippen molar-refractivity contribution >= 4 is 37.5 Å². The molecule has 2 rings (SSSR count). The van der Waals surface area contributed by atoms with E-state index >= 15 is 0 Å². The Morgan fingerprint density at radius 3 is 2.41 bits per heavy atom. The van der Waals surface area contributed by atoms with E-state index in [2.05, 4.69) is 21.2 Å². The number of amides is 1. The van der Waals surface area contributed by atoms with Crippen molar-refractivity contribution in [1.82, 2.24) is 0 Å².